The second kappa shape index (κ2) is 13.4. The molecule has 0 aliphatic rings. The second-order valence-corrected chi connectivity index (χ2v) is 6.42. The van der Waals surface area contributed by atoms with Gasteiger partial charge in [0.1, 0.15) is 18.6 Å². The zero-order valence-electron chi connectivity index (χ0n) is 15.2. The maximum absolute atomic E-state index is 12.0. The van der Waals surface area contributed by atoms with Crippen LogP contribution in [0.3, 0.4) is 0 Å². The third-order valence-corrected chi connectivity index (χ3v) is 4.05. The first-order valence-electron chi connectivity index (χ1n) is 8.59. The van der Waals surface area contributed by atoms with Crippen molar-refractivity contribution in [2.45, 2.75) is 64.1 Å². The highest BCUT2D eigenvalue weighted by Crippen LogP contribution is 2.05. The summed E-state index contributed by atoms with van der Waals surface area (Å²) in [6.45, 7) is 3.39. The summed E-state index contributed by atoms with van der Waals surface area (Å²) in [6, 6.07) is -1.82. The molecule has 0 fully saturated rings. The average Bonchev–Trinajstić information content (AvgIpc) is 2.58. The van der Waals surface area contributed by atoms with Gasteiger partial charge in [0, 0.05) is 18.2 Å². The number of thiol groups is 1. The number of aliphatic carboxylic acids is 2. The summed E-state index contributed by atoms with van der Waals surface area (Å²) in [4.78, 5) is 45.5. The highest BCUT2D eigenvalue weighted by Gasteiger charge is 2.23. The molecule has 0 bridgehead atoms. The number of carboxylic acid groups (broad SMARTS) is 2. The van der Waals surface area contributed by atoms with E-state index in [-0.39, 0.29) is 24.6 Å². The van der Waals surface area contributed by atoms with Crippen molar-refractivity contribution in [2.75, 3.05) is 12.3 Å². The van der Waals surface area contributed by atoms with Gasteiger partial charge in [-0.2, -0.15) is 12.6 Å². The Morgan fingerprint density at radius 3 is 2.23 bits per heavy atom. The van der Waals surface area contributed by atoms with Crippen molar-refractivity contribution < 1.29 is 29.4 Å². The lowest BCUT2D eigenvalue weighted by Gasteiger charge is -2.20. The van der Waals surface area contributed by atoms with Crippen molar-refractivity contribution >= 4 is 36.4 Å². The fourth-order valence-corrected chi connectivity index (χ4v) is 2.49. The second-order valence-electron chi connectivity index (χ2n) is 6.05. The van der Waals surface area contributed by atoms with Crippen molar-refractivity contribution in [3.8, 4) is 0 Å². The molecular weight excluding hydrogens is 362 g/mol. The van der Waals surface area contributed by atoms with Gasteiger partial charge in [-0.3, -0.25) is 19.2 Å². The molecule has 0 aromatic heterocycles. The standard InChI is InChI=1S/C16H29N3O6S/c1-3-4-5-10(2)18-11(16(24)25)6-7-13(20)19-12(9-26)15(23)17-8-14(21)22/h10-12,18,26H,3-9H2,1-2H3,(H,17,23)(H,19,20)(H,21,22)(H,24,25)/t10?,11-,12-/m0/s1. The molecule has 5 N–H and O–H groups in total. The molecule has 1 unspecified atom stereocenters. The first-order chi connectivity index (χ1) is 12.2. The smallest absolute Gasteiger partial charge is 0.322 e. The zero-order valence-corrected chi connectivity index (χ0v) is 16.1. The zero-order chi connectivity index (χ0) is 20.1. The topological polar surface area (TPSA) is 145 Å². The number of amides is 2. The van der Waals surface area contributed by atoms with Crippen LogP contribution in [0.1, 0.15) is 46.0 Å². The fraction of sp³-hybridized carbons (Fsp3) is 0.750. The molecule has 26 heavy (non-hydrogen) atoms. The summed E-state index contributed by atoms with van der Waals surface area (Å²) in [6.07, 6.45) is 2.84. The minimum absolute atomic E-state index is 0.00808. The molecule has 0 saturated carbocycles. The van der Waals surface area contributed by atoms with Crippen LogP contribution in [0.25, 0.3) is 0 Å². The molecule has 0 aliphatic carbocycles. The van der Waals surface area contributed by atoms with Crippen molar-refractivity contribution in [3.05, 3.63) is 0 Å². The van der Waals surface area contributed by atoms with Crippen LogP contribution in [-0.2, 0) is 19.2 Å². The molecule has 3 atom stereocenters. The minimum Gasteiger partial charge on any atom is -0.480 e. The Balaban J connectivity index is 4.46. The van der Waals surface area contributed by atoms with Gasteiger partial charge in [-0.25, -0.2) is 0 Å². The summed E-state index contributed by atoms with van der Waals surface area (Å²) in [5, 5.41) is 25.4. The van der Waals surface area contributed by atoms with Crippen LogP contribution in [0.2, 0.25) is 0 Å². The lowest BCUT2D eigenvalue weighted by molar-refractivity contribution is -0.140. The summed E-state index contributed by atoms with van der Waals surface area (Å²) >= 11 is 3.96. The molecule has 0 radical (unpaired) electrons. The van der Waals surface area contributed by atoms with E-state index in [1.165, 1.54) is 0 Å². The number of hydrogen-bond acceptors (Lipinski definition) is 6. The average molecular weight is 391 g/mol. The van der Waals surface area contributed by atoms with Gasteiger partial charge in [-0.1, -0.05) is 19.8 Å². The van der Waals surface area contributed by atoms with E-state index in [4.69, 9.17) is 5.11 Å². The predicted molar refractivity (Wildman–Crippen MR) is 99.2 cm³/mol. The van der Waals surface area contributed by atoms with Crippen molar-refractivity contribution in [1.82, 2.24) is 16.0 Å². The van der Waals surface area contributed by atoms with Crippen LogP contribution >= 0.6 is 12.6 Å². The number of hydrogen-bond donors (Lipinski definition) is 6. The van der Waals surface area contributed by atoms with Gasteiger partial charge in [-0.05, 0) is 19.8 Å². The predicted octanol–water partition coefficient (Wildman–Crippen LogP) is 0.00350. The van der Waals surface area contributed by atoms with Gasteiger partial charge in [-0.15, -0.1) is 0 Å². The lowest BCUT2D eigenvalue weighted by Crippen LogP contribution is -2.49. The van der Waals surface area contributed by atoms with Crippen LogP contribution in [0.4, 0.5) is 0 Å². The van der Waals surface area contributed by atoms with Gasteiger partial charge in [0.2, 0.25) is 11.8 Å². The Morgan fingerprint density at radius 2 is 1.73 bits per heavy atom. The number of carbonyl (C=O) groups is 4. The van der Waals surface area contributed by atoms with E-state index < -0.39 is 42.4 Å². The molecule has 0 aromatic rings. The molecule has 10 heteroatoms. The molecule has 9 nitrogen and oxygen atoms in total. The van der Waals surface area contributed by atoms with Crippen molar-refractivity contribution in [2.24, 2.45) is 0 Å². The normalized spacial score (nSPS) is 14.1. The Labute approximate surface area is 158 Å². The molecule has 0 rings (SSSR count). The molecule has 0 aliphatic heterocycles. The quantitative estimate of drug-likeness (QED) is 0.229. The van der Waals surface area contributed by atoms with E-state index in [9.17, 15) is 24.3 Å². The Hall–Kier alpha value is -1.81. The summed E-state index contributed by atoms with van der Waals surface area (Å²) in [5.41, 5.74) is 0. The molecule has 2 amide bonds. The van der Waals surface area contributed by atoms with Crippen LogP contribution < -0.4 is 16.0 Å². The third kappa shape index (κ3) is 10.9. The SMILES string of the molecule is CCCCC(C)N[C@@H](CCC(=O)N[C@@H](CS)C(=O)NCC(=O)O)C(=O)O. The molecule has 150 valence electrons. The summed E-state index contributed by atoms with van der Waals surface area (Å²) in [5.74, 6) is -3.40. The minimum atomic E-state index is -1.20. The lowest BCUT2D eigenvalue weighted by atomic mass is 10.1. The number of rotatable bonds is 14. The molecule has 0 saturated heterocycles. The highest BCUT2D eigenvalue weighted by molar-refractivity contribution is 7.80. The van der Waals surface area contributed by atoms with Crippen molar-refractivity contribution in [3.63, 3.8) is 0 Å². The van der Waals surface area contributed by atoms with Crippen LogP contribution in [0, 0.1) is 0 Å². The van der Waals surface area contributed by atoms with Crippen LogP contribution in [0.15, 0.2) is 0 Å². The van der Waals surface area contributed by atoms with E-state index in [2.05, 4.69) is 35.5 Å². The van der Waals surface area contributed by atoms with Gasteiger partial charge in [0.15, 0.2) is 0 Å². The molecule has 0 spiro atoms. The number of carbonyl (C=O) groups excluding carboxylic acids is 2. The van der Waals surface area contributed by atoms with Gasteiger partial charge >= 0.3 is 11.9 Å². The Bertz CT molecular complexity index is 489. The monoisotopic (exact) mass is 391 g/mol. The molecular formula is C16H29N3O6S. The Morgan fingerprint density at radius 1 is 1.08 bits per heavy atom. The largest absolute Gasteiger partial charge is 0.480 e. The van der Waals surface area contributed by atoms with E-state index in [0.29, 0.717) is 0 Å². The number of carboxylic acids is 2. The van der Waals surface area contributed by atoms with Gasteiger partial charge in [0.25, 0.3) is 0 Å². The maximum atomic E-state index is 12.0. The maximum Gasteiger partial charge on any atom is 0.322 e. The van der Waals surface area contributed by atoms with Gasteiger partial charge < -0.3 is 26.2 Å². The van der Waals surface area contributed by atoms with Crippen LogP contribution in [-0.4, -0.2) is 64.4 Å². The van der Waals surface area contributed by atoms with Crippen LogP contribution in [0.5, 0.6) is 0 Å². The highest BCUT2D eigenvalue weighted by atomic mass is 32.1. The van der Waals surface area contributed by atoms with Gasteiger partial charge in [0.05, 0.1) is 0 Å². The van der Waals surface area contributed by atoms with E-state index in [1.54, 1.807) is 0 Å². The third-order valence-electron chi connectivity index (χ3n) is 3.68. The fourth-order valence-electron chi connectivity index (χ4n) is 2.24. The van der Waals surface area contributed by atoms with E-state index in [0.717, 1.165) is 19.3 Å². The van der Waals surface area contributed by atoms with Crippen molar-refractivity contribution in [1.29, 1.82) is 0 Å². The number of unbranched alkanes of at least 4 members (excludes halogenated alkanes) is 1. The summed E-state index contributed by atoms with van der Waals surface area (Å²) < 4.78 is 0. The molecule has 0 heterocycles. The molecule has 0 aromatic carbocycles. The summed E-state index contributed by atoms with van der Waals surface area (Å²) in [7, 11) is 0. The Kier molecular flexibility index (Phi) is 12.5. The van der Waals surface area contributed by atoms with E-state index >= 15 is 0 Å². The van der Waals surface area contributed by atoms with E-state index in [1.807, 2.05) is 6.92 Å². The first kappa shape index (κ1) is 24.2. The number of nitrogens with one attached hydrogen (secondary N) is 3. The first-order valence-corrected chi connectivity index (χ1v) is 9.23.